The molecule has 0 unspecified atom stereocenters. The van der Waals surface area contributed by atoms with E-state index in [0.717, 1.165) is 16.0 Å². The molecule has 2 saturated heterocycles. The fourth-order valence-electron chi connectivity index (χ4n) is 4.09. The SMILES string of the molecule is Cc1cc(C(=O)N2C[C@H]3COCC[C@@]3(C(=O)O)C2)sc1-c1ccc(F)cc1. The highest BCUT2D eigenvalue weighted by Crippen LogP contribution is 2.43. The summed E-state index contributed by atoms with van der Waals surface area (Å²) in [6.07, 6.45) is 0.432. The van der Waals surface area contributed by atoms with Crippen LogP contribution in [0.1, 0.15) is 21.7 Å². The summed E-state index contributed by atoms with van der Waals surface area (Å²) in [5, 5.41) is 9.77. The van der Waals surface area contributed by atoms with Gasteiger partial charge in [-0.3, -0.25) is 9.59 Å². The molecule has 2 atom stereocenters. The highest BCUT2D eigenvalue weighted by atomic mass is 32.1. The fourth-order valence-corrected chi connectivity index (χ4v) is 5.23. The van der Waals surface area contributed by atoms with Crippen molar-refractivity contribution in [1.82, 2.24) is 4.90 Å². The maximum Gasteiger partial charge on any atom is 0.311 e. The average Bonchev–Trinajstić information content (AvgIpc) is 3.23. The third-order valence-corrected chi connectivity index (χ3v) is 6.93. The van der Waals surface area contributed by atoms with E-state index in [4.69, 9.17) is 4.74 Å². The van der Waals surface area contributed by atoms with Gasteiger partial charge < -0.3 is 14.7 Å². The number of nitrogens with zero attached hydrogens (tertiary/aromatic N) is 1. The van der Waals surface area contributed by atoms with Crippen LogP contribution >= 0.6 is 11.3 Å². The number of halogens is 1. The zero-order valence-corrected chi connectivity index (χ0v) is 15.7. The van der Waals surface area contributed by atoms with Crippen LogP contribution in [0.25, 0.3) is 10.4 Å². The largest absolute Gasteiger partial charge is 0.481 e. The van der Waals surface area contributed by atoms with Crippen molar-refractivity contribution in [3.05, 3.63) is 46.6 Å². The Hall–Kier alpha value is -2.25. The van der Waals surface area contributed by atoms with Gasteiger partial charge in [0.2, 0.25) is 0 Å². The van der Waals surface area contributed by atoms with Crippen molar-refractivity contribution in [3.8, 4) is 10.4 Å². The van der Waals surface area contributed by atoms with Crippen molar-refractivity contribution in [2.45, 2.75) is 13.3 Å². The first-order chi connectivity index (χ1) is 12.9. The monoisotopic (exact) mass is 389 g/mol. The van der Waals surface area contributed by atoms with Crippen LogP contribution in [0.5, 0.6) is 0 Å². The first-order valence-electron chi connectivity index (χ1n) is 8.87. The minimum Gasteiger partial charge on any atom is -0.481 e. The average molecular weight is 389 g/mol. The molecular formula is C20H20FNO4S. The maximum atomic E-state index is 13.2. The Labute approximate surface area is 160 Å². The van der Waals surface area contributed by atoms with Crippen molar-refractivity contribution >= 4 is 23.2 Å². The van der Waals surface area contributed by atoms with Crippen molar-refractivity contribution in [2.75, 3.05) is 26.3 Å². The number of hydrogen-bond acceptors (Lipinski definition) is 4. The molecular weight excluding hydrogens is 369 g/mol. The van der Waals surface area contributed by atoms with Gasteiger partial charge in [0.05, 0.1) is 16.9 Å². The molecule has 1 aromatic heterocycles. The van der Waals surface area contributed by atoms with Gasteiger partial charge in [-0.05, 0) is 42.7 Å². The number of aryl methyl sites for hydroxylation is 1. The molecule has 2 aliphatic rings. The lowest BCUT2D eigenvalue weighted by Crippen LogP contribution is -2.45. The van der Waals surface area contributed by atoms with E-state index in [1.807, 2.05) is 13.0 Å². The number of ether oxygens (including phenoxy) is 1. The molecule has 0 aliphatic carbocycles. The Bertz CT molecular complexity index is 894. The zero-order chi connectivity index (χ0) is 19.2. The molecule has 0 saturated carbocycles. The van der Waals surface area contributed by atoms with Gasteiger partial charge in [-0.25, -0.2) is 4.39 Å². The number of hydrogen-bond donors (Lipinski definition) is 1. The van der Waals surface area contributed by atoms with Crippen LogP contribution in [-0.4, -0.2) is 48.2 Å². The van der Waals surface area contributed by atoms with Gasteiger partial charge in [0.1, 0.15) is 5.82 Å². The Morgan fingerprint density at radius 2 is 2.07 bits per heavy atom. The summed E-state index contributed by atoms with van der Waals surface area (Å²) < 4.78 is 18.6. The summed E-state index contributed by atoms with van der Waals surface area (Å²) in [4.78, 5) is 28.1. The quantitative estimate of drug-likeness (QED) is 0.874. The topological polar surface area (TPSA) is 66.8 Å². The second-order valence-electron chi connectivity index (χ2n) is 7.30. The smallest absolute Gasteiger partial charge is 0.311 e. The molecule has 27 heavy (non-hydrogen) atoms. The van der Waals surface area contributed by atoms with Gasteiger partial charge in [-0.2, -0.15) is 0 Å². The van der Waals surface area contributed by atoms with E-state index >= 15 is 0 Å². The van der Waals surface area contributed by atoms with Crippen LogP contribution in [0.4, 0.5) is 4.39 Å². The summed E-state index contributed by atoms with van der Waals surface area (Å²) in [5.41, 5.74) is 0.909. The number of amides is 1. The summed E-state index contributed by atoms with van der Waals surface area (Å²) in [6.45, 7) is 3.33. The normalized spacial score (nSPS) is 24.7. The first kappa shape index (κ1) is 18.1. The summed E-state index contributed by atoms with van der Waals surface area (Å²) >= 11 is 1.36. The first-order valence-corrected chi connectivity index (χ1v) is 9.69. The molecule has 1 aromatic carbocycles. The highest BCUT2D eigenvalue weighted by Gasteiger charge is 2.55. The second-order valence-corrected chi connectivity index (χ2v) is 8.35. The van der Waals surface area contributed by atoms with Gasteiger partial charge in [0.15, 0.2) is 0 Å². The Kier molecular flexibility index (Phi) is 4.52. The van der Waals surface area contributed by atoms with Gasteiger partial charge in [-0.1, -0.05) is 12.1 Å². The third kappa shape index (κ3) is 3.04. The molecule has 142 valence electrons. The minimum absolute atomic E-state index is 0.147. The summed E-state index contributed by atoms with van der Waals surface area (Å²) in [7, 11) is 0. The van der Waals surface area contributed by atoms with E-state index in [-0.39, 0.29) is 24.2 Å². The van der Waals surface area contributed by atoms with Crippen LogP contribution in [0, 0.1) is 24.1 Å². The lowest BCUT2D eigenvalue weighted by atomic mass is 9.74. The number of carbonyl (C=O) groups is 2. The molecule has 4 rings (SSSR count). The van der Waals surface area contributed by atoms with Crippen LogP contribution in [0.15, 0.2) is 30.3 Å². The lowest BCUT2D eigenvalue weighted by Gasteiger charge is -2.33. The van der Waals surface area contributed by atoms with Crippen molar-refractivity contribution in [2.24, 2.45) is 11.3 Å². The number of likely N-dealkylation sites (tertiary alicyclic amines) is 1. The number of benzene rings is 1. The van der Waals surface area contributed by atoms with E-state index < -0.39 is 11.4 Å². The fraction of sp³-hybridized carbons (Fsp3) is 0.400. The number of carboxylic acid groups (broad SMARTS) is 1. The van der Waals surface area contributed by atoms with Crippen molar-refractivity contribution in [3.63, 3.8) is 0 Å². The van der Waals surface area contributed by atoms with E-state index in [9.17, 15) is 19.1 Å². The predicted molar refractivity (Wildman–Crippen MR) is 99.3 cm³/mol. The number of rotatable bonds is 3. The predicted octanol–water partition coefficient (Wildman–Crippen LogP) is 3.43. The summed E-state index contributed by atoms with van der Waals surface area (Å²) in [5.74, 6) is -1.47. The van der Waals surface area contributed by atoms with E-state index in [1.165, 1.54) is 23.5 Å². The number of carbonyl (C=O) groups excluding carboxylic acids is 1. The highest BCUT2D eigenvalue weighted by molar-refractivity contribution is 7.17. The lowest BCUT2D eigenvalue weighted by molar-refractivity contribution is -0.157. The van der Waals surface area contributed by atoms with Gasteiger partial charge in [0.25, 0.3) is 5.91 Å². The van der Waals surface area contributed by atoms with Crippen LogP contribution < -0.4 is 0 Å². The van der Waals surface area contributed by atoms with E-state index in [2.05, 4.69) is 0 Å². The van der Waals surface area contributed by atoms with E-state index in [0.29, 0.717) is 31.1 Å². The number of fused-ring (bicyclic) bond motifs is 1. The second kappa shape index (κ2) is 6.73. The molecule has 3 heterocycles. The molecule has 2 aromatic rings. The van der Waals surface area contributed by atoms with Gasteiger partial charge in [0, 0.05) is 30.5 Å². The molecule has 1 amide bonds. The maximum absolute atomic E-state index is 13.2. The molecule has 7 heteroatoms. The molecule has 0 bridgehead atoms. The minimum atomic E-state index is -0.903. The van der Waals surface area contributed by atoms with Crippen LogP contribution in [-0.2, 0) is 9.53 Å². The van der Waals surface area contributed by atoms with Crippen LogP contribution in [0.3, 0.4) is 0 Å². The molecule has 2 aliphatic heterocycles. The zero-order valence-electron chi connectivity index (χ0n) is 14.9. The molecule has 5 nitrogen and oxygen atoms in total. The van der Waals surface area contributed by atoms with Gasteiger partial charge >= 0.3 is 5.97 Å². The van der Waals surface area contributed by atoms with Crippen molar-refractivity contribution in [1.29, 1.82) is 0 Å². The molecule has 2 fully saturated rings. The number of aliphatic carboxylic acids is 1. The number of carboxylic acids is 1. The third-order valence-electron chi connectivity index (χ3n) is 5.65. The number of thiophene rings is 1. The van der Waals surface area contributed by atoms with E-state index in [1.54, 1.807) is 17.0 Å². The molecule has 0 radical (unpaired) electrons. The molecule has 1 N–H and O–H groups in total. The Morgan fingerprint density at radius 3 is 2.74 bits per heavy atom. The van der Waals surface area contributed by atoms with Gasteiger partial charge in [-0.15, -0.1) is 11.3 Å². The Balaban J connectivity index is 1.60. The summed E-state index contributed by atoms with van der Waals surface area (Å²) in [6, 6.07) is 8.03. The van der Waals surface area contributed by atoms with Crippen LogP contribution in [0.2, 0.25) is 0 Å². The standard InChI is InChI=1S/C20H20FNO4S/c1-12-8-16(27-17(12)13-2-4-15(21)5-3-13)18(23)22-9-14-10-26-7-6-20(14,11-22)19(24)25/h2-5,8,14H,6-7,9-11H2,1H3,(H,24,25)/t14-,20+/m0/s1. The molecule has 0 spiro atoms. The van der Waals surface area contributed by atoms with Crippen molar-refractivity contribution < 1.29 is 23.8 Å². The Morgan fingerprint density at radius 1 is 1.33 bits per heavy atom.